The maximum Gasteiger partial charge on any atom is 0.267 e. The van der Waals surface area contributed by atoms with Gasteiger partial charge in [-0.3, -0.25) is 9.59 Å². The standard InChI is InChI=1S/C17H21N3O4S2/c21-15-9-6-11-12(24-8-23-11)7-10(9)20-14(18-15)13(26-17(20)25)16(22)19-4-2-1-3-5-19/h9-12H,1-8H2,(H,18,21). The second-order valence-corrected chi connectivity index (χ2v) is 9.08. The van der Waals surface area contributed by atoms with Crippen molar-refractivity contribution in [3.05, 3.63) is 8.83 Å². The number of fused-ring (bicyclic) bond motifs is 4. The number of nitrogens with zero attached hydrogens (tertiary/aromatic N) is 2. The Morgan fingerprint density at radius 3 is 2.65 bits per heavy atom. The lowest BCUT2D eigenvalue weighted by atomic mass is 9.79. The minimum absolute atomic E-state index is 0.00181. The SMILES string of the molecule is O=C1Nc2c(C(=O)N3CCCCC3)sc(=S)n2C2CC3OCOC3CC12. The molecule has 1 N–H and O–H groups in total. The summed E-state index contributed by atoms with van der Waals surface area (Å²) in [6.45, 7) is 1.84. The van der Waals surface area contributed by atoms with Gasteiger partial charge in [0.15, 0.2) is 3.95 Å². The van der Waals surface area contributed by atoms with E-state index in [0.29, 0.717) is 27.5 Å². The van der Waals surface area contributed by atoms with Crippen molar-refractivity contribution < 1.29 is 19.1 Å². The van der Waals surface area contributed by atoms with Crippen molar-refractivity contribution in [2.24, 2.45) is 5.92 Å². The van der Waals surface area contributed by atoms with Crippen LogP contribution in [0.15, 0.2) is 0 Å². The van der Waals surface area contributed by atoms with Crippen molar-refractivity contribution in [1.29, 1.82) is 0 Å². The molecule has 4 heterocycles. The molecular weight excluding hydrogens is 374 g/mol. The number of ether oxygens (including phenoxy) is 2. The number of anilines is 1. The van der Waals surface area contributed by atoms with Gasteiger partial charge in [-0.15, -0.1) is 0 Å². The third kappa shape index (κ3) is 2.56. The summed E-state index contributed by atoms with van der Waals surface area (Å²) in [6, 6.07) is -0.0617. The van der Waals surface area contributed by atoms with Gasteiger partial charge >= 0.3 is 0 Å². The molecule has 4 atom stereocenters. The van der Waals surface area contributed by atoms with Crippen LogP contribution in [0, 0.1) is 9.87 Å². The van der Waals surface area contributed by atoms with Gasteiger partial charge in [-0.25, -0.2) is 0 Å². The number of carbonyl (C=O) groups excluding carboxylic acids is 2. The molecule has 2 saturated heterocycles. The predicted molar refractivity (Wildman–Crippen MR) is 97.9 cm³/mol. The molecule has 0 bridgehead atoms. The van der Waals surface area contributed by atoms with E-state index in [4.69, 9.17) is 21.7 Å². The topological polar surface area (TPSA) is 72.8 Å². The van der Waals surface area contributed by atoms with Crippen LogP contribution in [-0.2, 0) is 14.3 Å². The minimum Gasteiger partial charge on any atom is -0.349 e. The summed E-state index contributed by atoms with van der Waals surface area (Å²) >= 11 is 6.91. The zero-order chi connectivity index (χ0) is 17.8. The summed E-state index contributed by atoms with van der Waals surface area (Å²) in [5, 5.41) is 2.97. The van der Waals surface area contributed by atoms with Crippen molar-refractivity contribution in [2.75, 3.05) is 25.2 Å². The Bertz CT molecular complexity index is 813. The minimum atomic E-state index is -0.190. The molecule has 140 valence electrons. The summed E-state index contributed by atoms with van der Waals surface area (Å²) in [5.41, 5.74) is 0. The maximum absolute atomic E-state index is 13.0. The van der Waals surface area contributed by atoms with E-state index in [9.17, 15) is 9.59 Å². The molecule has 7 nitrogen and oxygen atoms in total. The van der Waals surface area contributed by atoms with Crippen LogP contribution in [0.3, 0.4) is 0 Å². The highest BCUT2D eigenvalue weighted by molar-refractivity contribution is 7.73. The Labute approximate surface area is 160 Å². The number of aromatic nitrogens is 1. The van der Waals surface area contributed by atoms with Crippen LogP contribution in [0.1, 0.15) is 47.8 Å². The summed E-state index contributed by atoms with van der Waals surface area (Å²) in [4.78, 5) is 28.2. The summed E-state index contributed by atoms with van der Waals surface area (Å²) in [7, 11) is 0. The molecule has 0 aromatic carbocycles. The zero-order valence-electron chi connectivity index (χ0n) is 14.3. The molecule has 1 aromatic heterocycles. The van der Waals surface area contributed by atoms with Gasteiger partial charge < -0.3 is 24.3 Å². The first-order chi connectivity index (χ1) is 12.6. The largest absolute Gasteiger partial charge is 0.349 e. The predicted octanol–water partition coefficient (Wildman–Crippen LogP) is 2.55. The van der Waals surface area contributed by atoms with Crippen LogP contribution in [0.25, 0.3) is 0 Å². The fourth-order valence-corrected chi connectivity index (χ4v) is 6.08. The third-order valence-corrected chi connectivity index (χ3v) is 7.38. The van der Waals surface area contributed by atoms with Gasteiger partial charge in [0.2, 0.25) is 5.91 Å². The average molecular weight is 396 g/mol. The molecule has 0 radical (unpaired) electrons. The molecule has 1 aliphatic carbocycles. The lowest BCUT2D eigenvalue weighted by Gasteiger charge is -2.40. The van der Waals surface area contributed by atoms with Gasteiger partial charge in [-0.1, -0.05) is 11.3 Å². The number of hydrogen-bond donors (Lipinski definition) is 1. The van der Waals surface area contributed by atoms with E-state index >= 15 is 0 Å². The molecule has 4 unspecified atom stereocenters. The Morgan fingerprint density at radius 1 is 1.15 bits per heavy atom. The van der Waals surface area contributed by atoms with Crippen molar-refractivity contribution in [3.8, 4) is 0 Å². The Hall–Kier alpha value is -1.29. The average Bonchev–Trinajstić information content (AvgIpc) is 3.24. The highest BCUT2D eigenvalue weighted by Gasteiger charge is 2.48. The third-order valence-electron chi connectivity index (χ3n) is 5.99. The normalized spacial score (nSPS) is 33.2. The molecule has 3 fully saturated rings. The molecule has 1 aromatic rings. The first-order valence-corrected chi connectivity index (χ1v) is 10.4. The number of hydrogen-bond acceptors (Lipinski definition) is 6. The van der Waals surface area contributed by atoms with Gasteiger partial charge in [-0.05, 0) is 44.3 Å². The van der Waals surface area contributed by atoms with Crippen molar-refractivity contribution in [2.45, 2.75) is 50.4 Å². The summed E-state index contributed by atoms with van der Waals surface area (Å²) in [6.07, 6.45) is 4.53. The number of nitrogens with one attached hydrogen (secondary N) is 1. The molecule has 4 aliphatic rings. The smallest absolute Gasteiger partial charge is 0.267 e. The van der Waals surface area contributed by atoms with Gasteiger partial charge in [0.25, 0.3) is 5.91 Å². The Balaban J connectivity index is 1.51. The molecule has 9 heteroatoms. The van der Waals surface area contributed by atoms with Crippen LogP contribution in [0.2, 0.25) is 0 Å². The number of thiazole rings is 1. The van der Waals surface area contributed by atoms with Gasteiger partial charge in [-0.2, -0.15) is 0 Å². The van der Waals surface area contributed by atoms with Gasteiger partial charge in [0.1, 0.15) is 17.5 Å². The lowest BCUT2D eigenvalue weighted by Crippen LogP contribution is -2.47. The molecule has 5 rings (SSSR count). The van der Waals surface area contributed by atoms with Crippen molar-refractivity contribution in [1.82, 2.24) is 9.47 Å². The monoisotopic (exact) mass is 395 g/mol. The number of likely N-dealkylation sites (tertiary alicyclic amines) is 1. The zero-order valence-corrected chi connectivity index (χ0v) is 15.9. The van der Waals surface area contributed by atoms with Crippen LogP contribution in [0.4, 0.5) is 5.82 Å². The fraction of sp³-hybridized carbons (Fsp3) is 0.706. The van der Waals surface area contributed by atoms with Crippen LogP contribution < -0.4 is 5.32 Å². The van der Waals surface area contributed by atoms with Crippen molar-refractivity contribution in [3.63, 3.8) is 0 Å². The molecular formula is C17H21N3O4S2. The van der Waals surface area contributed by atoms with E-state index in [2.05, 4.69) is 5.32 Å². The number of rotatable bonds is 1. The molecule has 26 heavy (non-hydrogen) atoms. The van der Waals surface area contributed by atoms with Gasteiger partial charge in [0.05, 0.1) is 24.2 Å². The molecule has 3 aliphatic heterocycles. The summed E-state index contributed by atoms with van der Waals surface area (Å²) in [5.74, 6) is 0.343. The fourth-order valence-electron chi connectivity index (χ4n) is 4.64. The highest BCUT2D eigenvalue weighted by atomic mass is 32.1. The first kappa shape index (κ1) is 16.9. The van der Waals surface area contributed by atoms with Crippen LogP contribution in [0.5, 0.6) is 0 Å². The van der Waals surface area contributed by atoms with E-state index in [1.165, 1.54) is 17.8 Å². The second-order valence-electron chi connectivity index (χ2n) is 7.43. The van der Waals surface area contributed by atoms with Crippen LogP contribution >= 0.6 is 23.6 Å². The first-order valence-electron chi connectivity index (χ1n) is 9.22. The van der Waals surface area contributed by atoms with E-state index < -0.39 is 0 Å². The number of amides is 2. The summed E-state index contributed by atoms with van der Waals surface area (Å²) < 4.78 is 13.9. The van der Waals surface area contributed by atoms with E-state index in [-0.39, 0.29) is 42.8 Å². The molecule has 0 spiro atoms. The quantitative estimate of drug-likeness (QED) is 0.740. The number of carbonyl (C=O) groups is 2. The van der Waals surface area contributed by atoms with E-state index in [1.54, 1.807) is 0 Å². The number of piperidine rings is 1. The van der Waals surface area contributed by atoms with Crippen LogP contribution in [-0.4, -0.2) is 53.4 Å². The van der Waals surface area contributed by atoms with E-state index in [0.717, 1.165) is 25.9 Å². The van der Waals surface area contributed by atoms with Crippen molar-refractivity contribution >= 4 is 41.2 Å². The molecule has 2 amide bonds. The lowest BCUT2D eigenvalue weighted by molar-refractivity contribution is -0.125. The Morgan fingerprint density at radius 2 is 1.88 bits per heavy atom. The molecule has 1 saturated carbocycles. The maximum atomic E-state index is 13.0. The Kier molecular flexibility index (Phi) is 4.15. The highest BCUT2D eigenvalue weighted by Crippen LogP contribution is 2.46. The second kappa shape index (κ2) is 6.40. The van der Waals surface area contributed by atoms with Gasteiger partial charge in [0, 0.05) is 13.1 Å². The van der Waals surface area contributed by atoms with E-state index in [1.807, 2.05) is 9.47 Å².